The van der Waals surface area contributed by atoms with Crippen molar-refractivity contribution < 1.29 is 28.6 Å². The van der Waals surface area contributed by atoms with Crippen LogP contribution >= 0.6 is 0 Å². The molecule has 1 fully saturated rings. The van der Waals surface area contributed by atoms with Crippen LogP contribution in [-0.2, 0) is 15.7 Å². The van der Waals surface area contributed by atoms with Gasteiger partial charge in [-0.2, -0.15) is 0 Å². The highest BCUT2D eigenvalue weighted by Crippen LogP contribution is 2.58. The molecule has 2 N–H and O–H groups in total. The van der Waals surface area contributed by atoms with Gasteiger partial charge in [0.2, 0.25) is 0 Å². The zero-order valence-corrected chi connectivity index (χ0v) is 21.8. The summed E-state index contributed by atoms with van der Waals surface area (Å²) >= 11 is 0. The predicted octanol–water partition coefficient (Wildman–Crippen LogP) is 5.44. The largest absolute Gasteiger partial charge is 0.490 e. The highest BCUT2D eigenvalue weighted by Gasteiger charge is 2.58. The Morgan fingerprint density at radius 3 is 2.31 bits per heavy atom. The van der Waals surface area contributed by atoms with Crippen LogP contribution in [0.3, 0.4) is 0 Å². The fourth-order valence-electron chi connectivity index (χ4n) is 4.74. The predicted molar refractivity (Wildman–Crippen MR) is 136 cm³/mol. The van der Waals surface area contributed by atoms with Crippen molar-refractivity contribution in [3.05, 3.63) is 57.9 Å². The number of rotatable bonds is 7. The van der Waals surface area contributed by atoms with E-state index in [9.17, 15) is 4.79 Å². The van der Waals surface area contributed by atoms with Gasteiger partial charge in [-0.3, -0.25) is 15.0 Å². The molecule has 2 aliphatic rings. The van der Waals surface area contributed by atoms with Crippen LogP contribution in [0.2, 0.25) is 0 Å². The first kappa shape index (κ1) is 27.2. The Balaban J connectivity index is 0.00000115. The summed E-state index contributed by atoms with van der Waals surface area (Å²) in [5.41, 5.74) is 3.11. The number of amidine groups is 1. The van der Waals surface area contributed by atoms with Gasteiger partial charge in [-0.15, -0.1) is 0 Å². The van der Waals surface area contributed by atoms with Crippen molar-refractivity contribution in [2.75, 3.05) is 19.8 Å². The number of carbonyl (C=O) groups excluding carboxylic acids is 1. The number of ether oxygens (including phenoxy) is 2. The SMILES string of the molecule is CCOc1cc2c(c(F)c1OCC)C(=N)N(CC(=O)c1cc(C)cc(C(C)(C)C)c1)C21CC1.O=CO. The maximum Gasteiger partial charge on any atom is 0.290 e. The Morgan fingerprint density at radius 2 is 1.78 bits per heavy atom. The summed E-state index contributed by atoms with van der Waals surface area (Å²) in [5.74, 6) is -0.198. The molecule has 7 nitrogen and oxygen atoms in total. The number of nitrogens with zero attached hydrogens (tertiary/aromatic N) is 1. The van der Waals surface area contributed by atoms with Gasteiger partial charge in [-0.25, -0.2) is 4.39 Å². The molecule has 0 atom stereocenters. The molecule has 1 saturated carbocycles. The van der Waals surface area contributed by atoms with E-state index in [-0.39, 0.29) is 41.4 Å². The van der Waals surface area contributed by atoms with E-state index < -0.39 is 11.4 Å². The molecular formula is C28H35FN2O5. The first-order valence-corrected chi connectivity index (χ1v) is 12.2. The minimum atomic E-state index is -0.574. The summed E-state index contributed by atoms with van der Waals surface area (Å²) in [5, 5.41) is 15.7. The molecule has 2 aromatic carbocycles. The van der Waals surface area contributed by atoms with Gasteiger partial charge in [0.25, 0.3) is 6.47 Å². The molecule has 1 aliphatic heterocycles. The number of carboxylic acid groups (broad SMARTS) is 1. The third-order valence-corrected chi connectivity index (χ3v) is 6.59. The van der Waals surface area contributed by atoms with Gasteiger partial charge in [-0.05, 0) is 68.4 Å². The number of hydrogen-bond acceptors (Lipinski definition) is 5. The molecule has 0 bridgehead atoms. The van der Waals surface area contributed by atoms with Gasteiger partial charge >= 0.3 is 0 Å². The monoisotopic (exact) mass is 498 g/mol. The van der Waals surface area contributed by atoms with E-state index >= 15 is 4.39 Å². The Hall–Kier alpha value is -3.42. The standard InChI is InChI=1S/C27H33FN2O3.CH2O2/c1-7-32-21-14-19-22(23(28)24(21)33-8-2)25(29)30(27(19)9-10-27)15-20(31)17-11-16(3)12-18(13-17)26(4,5)6;2-1-3/h11-14,29H,7-10,15H2,1-6H3;1H,(H,2,3). The number of carbonyl (C=O) groups is 2. The zero-order chi connectivity index (χ0) is 26.8. The number of Topliss-reactive ketones (excluding diaryl/α,β-unsaturated/α-hetero) is 1. The second-order valence-corrected chi connectivity index (χ2v) is 10.1. The third kappa shape index (κ3) is 4.94. The normalized spacial score (nSPS) is 15.2. The molecule has 0 aromatic heterocycles. The Labute approximate surface area is 211 Å². The summed E-state index contributed by atoms with van der Waals surface area (Å²) in [4.78, 5) is 23.5. The topological polar surface area (TPSA) is 99.9 Å². The van der Waals surface area contributed by atoms with Gasteiger partial charge in [-0.1, -0.05) is 32.4 Å². The van der Waals surface area contributed by atoms with Crippen LogP contribution in [0.5, 0.6) is 11.5 Å². The van der Waals surface area contributed by atoms with E-state index in [0.29, 0.717) is 24.5 Å². The molecule has 4 rings (SSSR count). The van der Waals surface area contributed by atoms with Crippen molar-refractivity contribution in [1.29, 1.82) is 5.41 Å². The lowest BCUT2D eigenvalue weighted by molar-refractivity contribution is -0.122. The van der Waals surface area contributed by atoms with Crippen molar-refractivity contribution in [2.24, 2.45) is 0 Å². The molecule has 0 amide bonds. The molecule has 1 spiro atoms. The summed E-state index contributed by atoms with van der Waals surface area (Å²) in [7, 11) is 0. The quantitative estimate of drug-likeness (QED) is 0.389. The minimum Gasteiger partial charge on any atom is -0.490 e. The molecule has 194 valence electrons. The molecular weight excluding hydrogens is 463 g/mol. The van der Waals surface area contributed by atoms with Gasteiger partial charge in [0.05, 0.1) is 30.9 Å². The second-order valence-electron chi connectivity index (χ2n) is 10.1. The van der Waals surface area contributed by atoms with E-state index in [4.69, 9.17) is 24.8 Å². The second kappa shape index (κ2) is 10.3. The summed E-state index contributed by atoms with van der Waals surface area (Å²) < 4.78 is 26.8. The molecule has 0 radical (unpaired) electrons. The Kier molecular flexibility index (Phi) is 7.76. The van der Waals surface area contributed by atoms with E-state index in [2.05, 4.69) is 26.8 Å². The van der Waals surface area contributed by atoms with Crippen LogP contribution in [0.25, 0.3) is 0 Å². The van der Waals surface area contributed by atoms with Crippen LogP contribution in [0, 0.1) is 18.2 Å². The fraction of sp³-hybridized carbons (Fsp3) is 0.464. The summed E-state index contributed by atoms with van der Waals surface area (Å²) in [6, 6.07) is 7.75. The lowest BCUT2D eigenvalue weighted by Gasteiger charge is -2.26. The molecule has 36 heavy (non-hydrogen) atoms. The van der Waals surface area contributed by atoms with Crippen LogP contribution < -0.4 is 9.47 Å². The number of fused-ring (bicyclic) bond motifs is 2. The van der Waals surface area contributed by atoms with E-state index in [1.807, 2.05) is 32.0 Å². The minimum absolute atomic E-state index is 0.0356. The van der Waals surface area contributed by atoms with E-state index in [1.165, 1.54) is 0 Å². The zero-order valence-electron chi connectivity index (χ0n) is 21.8. The first-order valence-electron chi connectivity index (χ1n) is 12.2. The van der Waals surface area contributed by atoms with Crippen molar-refractivity contribution >= 4 is 18.1 Å². The fourth-order valence-corrected chi connectivity index (χ4v) is 4.74. The maximum atomic E-state index is 15.6. The lowest BCUT2D eigenvalue weighted by atomic mass is 9.84. The van der Waals surface area contributed by atoms with Gasteiger partial charge in [0.1, 0.15) is 5.84 Å². The van der Waals surface area contributed by atoms with Crippen LogP contribution in [0.4, 0.5) is 4.39 Å². The van der Waals surface area contributed by atoms with Crippen LogP contribution in [0.15, 0.2) is 24.3 Å². The van der Waals surface area contributed by atoms with E-state index in [0.717, 1.165) is 29.5 Å². The van der Waals surface area contributed by atoms with Gasteiger partial charge in [0.15, 0.2) is 23.1 Å². The lowest BCUT2D eigenvalue weighted by Crippen LogP contribution is -2.38. The van der Waals surface area contributed by atoms with Gasteiger partial charge < -0.3 is 19.5 Å². The van der Waals surface area contributed by atoms with E-state index in [1.54, 1.807) is 11.8 Å². The average Bonchev–Trinajstić information content (AvgIpc) is 3.56. The molecule has 2 aromatic rings. The highest BCUT2D eigenvalue weighted by atomic mass is 19.1. The molecule has 0 unspecified atom stereocenters. The first-order chi connectivity index (χ1) is 16.9. The molecule has 1 aliphatic carbocycles. The third-order valence-electron chi connectivity index (χ3n) is 6.59. The average molecular weight is 499 g/mol. The van der Waals surface area contributed by atoms with Crippen molar-refractivity contribution in [2.45, 2.75) is 65.3 Å². The van der Waals surface area contributed by atoms with Crippen LogP contribution in [-0.4, -0.2) is 47.9 Å². The molecule has 8 heteroatoms. The maximum absolute atomic E-state index is 15.6. The van der Waals surface area contributed by atoms with Crippen molar-refractivity contribution in [3.63, 3.8) is 0 Å². The number of benzene rings is 2. The smallest absolute Gasteiger partial charge is 0.290 e. The Morgan fingerprint density at radius 1 is 1.17 bits per heavy atom. The molecule has 1 heterocycles. The number of hydrogen-bond donors (Lipinski definition) is 2. The van der Waals surface area contributed by atoms with Crippen molar-refractivity contribution in [1.82, 2.24) is 4.90 Å². The summed E-state index contributed by atoms with van der Waals surface area (Å²) in [6.07, 6.45) is 1.55. The number of ketones is 1. The Bertz CT molecular complexity index is 1180. The highest BCUT2D eigenvalue weighted by molar-refractivity contribution is 6.07. The van der Waals surface area contributed by atoms with Gasteiger partial charge in [0, 0.05) is 5.56 Å². The number of nitrogens with one attached hydrogen (secondary N) is 1. The van der Waals surface area contributed by atoms with Crippen molar-refractivity contribution in [3.8, 4) is 11.5 Å². The van der Waals surface area contributed by atoms with Crippen LogP contribution in [0.1, 0.15) is 80.1 Å². The number of aryl methyl sites for hydroxylation is 1. The number of halogens is 1. The summed E-state index contributed by atoms with van der Waals surface area (Å²) in [6.45, 7) is 12.4. The molecule has 0 saturated heterocycles.